The van der Waals surface area contributed by atoms with Gasteiger partial charge in [0.2, 0.25) is 0 Å². The Bertz CT molecular complexity index is 480. The number of nitrogens with zero attached hydrogens (tertiary/aromatic N) is 1. The van der Waals surface area contributed by atoms with Crippen LogP contribution in [-0.2, 0) is 13.0 Å². The first-order chi connectivity index (χ1) is 8.86. The number of hydrogen-bond acceptors (Lipinski definition) is 0. The topological polar surface area (TPSA) is 4.93 Å². The highest BCUT2D eigenvalue weighted by Crippen LogP contribution is 2.27. The van der Waals surface area contributed by atoms with Crippen LogP contribution in [0.1, 0.15) is 51.7 Å². The molecular formula is C17H27N. The molecule has 0 fully saturated rings. The van der Waals surface area contributed by atoms with Crippen molar-refractivity contribution in [2.45, 2.75) is 60.4 Å². The average Bonchev–Trinajstić information content (AvgIpc) is 2.64. The summed E-state index contributed by atoms with van der Waals surface area (Å²) < 4.78 is 2.44. The van der Waals surface area contributed by atoms with E-state index in [0.717, 1.165) is 0 Å². The normalized spacial score (nSPS) is 12.9. The third kappa shape index (κ3) is 2.77. The van der Waals surface area contributed by atoms with Crippen molar-refractivity contribution >= 4 is 10.9 Å². The van der Waals surface area contributed by atoms with E-state index >= 15 is 0 Å². The van der Waals surface area contributed by atoms with Gasteiger partial charge < -0.3 is 4.57 Å². The third-order valence-electron chi connectivity index (χ3n) is 3.28. The van der Waals surface area contributed by atoms with Gasteiger partial charge in [0.25, 0.3) is 0 Å². The first-order valence-corrected chi connectivity index (χ1v) is 7.43. The molecule has 18 heavy (non-hydrogen) atoms. The maximum atomic E-state index is 2.44. The summed E-state index contributed by atoms with van der Waals surface area (Å²) in [5.41, 5.74) is 4.44. The Morgan fingerprint density at radius 1 is 1.00 bits per heavy atom. The minimum absolute atomic E-state index is 1.20. The Balaban J connectivity index is 0.000000371. The van der Waals surface area contributed by atoms with Crippen LogP contribution in [0, 0.1) is 6.92 Å². The third-order valence-corrected chi connectivity index (χ3v) is 3.28. The largest absolute Gasteiger partial charge is 0.347 e. The summed E-state index contributed by atoms with van der Waals surface area (Å²) in [6.07, 6.45) is 6.21. The van der Waals surface area contributed by atoms with E-state index in [2.05, 4.69) is 35.9 Å². The van der Waals surface area contributed by atoms with Gasteiger partial charge in [-0.1, -0.05) is 45.9 Å². The van der Waals surface area contributed by atoms with Gasteiger partial charge in [-0.05, 0) is 37.3 Å². The molecule has 1 heteroatoms. The maximum absolute atomic E-state index is 2.44. The highest BCUT2D eigenvalue weighted by molar-refractivity contribution is 5.86. The number of aryl methyl sites for hydroxylation is 3. The fourth-order valence-corrected chi connectivity index (χ4v) is 2.59. The van der Waals surface area contributed by atoms with Crippen molar-refractivity contribution in [1.82, 2.24) is 4.57 Å². The van der Waals surface area contributed by atoms with Crippen molar-refractivity contribution in [2.24, 2.45) is 0 Å². The minimum atomic E-state index is 1.20. The molecule has 0 N–H and O–H groups in total. The van der Waals surface area contributed by atoms with E-state index in [9.17, 15) is 0 Å². The molecule has 0 amide bonds. The Kier molecular flexibility index (Phi) is 5.97. The first-order valence-electron chi connectivity index (χ1n) is 7.43. The van der Waals surface area contributed by atoms with Crippen molar-refractivity contribution in [3.63, 3.8) is 0 Å². The lowest BCUT2D eigenvalue weighted by atomic mass is 10.1. The first kappa shape index (κ1) is 14.8. The molecule has 2 aromatic rings. The van der Waals surface area contributed by atoms with E-state index in [1.165, 1.54) is 47.8 Å². The van der Waals surface area contributed by atoms with Gasteiger partial charge in [-0.25, -0.2) is 0 Å². The predicted molar refractivity (Wildman–Crippen MR) is 82.3 cm³/mol. The number of para-hydroxylation sites is 1. The molecule has 1 aliphatic heterocycles. The van der Waals surface area contributed by atoms with Crippen molar-refractivity contribution in [1.29, 1.82) is 0 Å². The Labute approximate surface area is 112 Å². The standard InChI is InChI=1S/C13H15N.2C2H6/c1-10-9-14-8-3-2-5-11-6-4-7-12(10)13(11)14;2*1-2/h4,6-7,9H,2-3,5,8H2,1H3;2*1-2H3. The minimum Gasteiger partial charge on any atom is -0.347 e. The summed E-state index contributed by atoms with van der Waals surface area (Å²) >= 11 is 0. The summed E-state index contributed by atoms with van der Waals surface area (Å²) in [5.74, 6) is 0. The van der Waals surface area contributed by atoms with E-state index in [-0.39, 0.29) is 0 Å². The van der Waals surface area contributed by atoms with E-state index in [1.807, 2.05) is 27.7 Å². The molecule has 0 aliphatic carbocycles. The second-order valence-corrected chi connectivity index (χ2v) is 4.28. The van der Waals surface area contributed by atoms with Crippen molar-refractivity contribution in [3.8, 4) is 0 Å². The van der Waals surface area contributed by atoms with Crippen molar-refractivity contribution < 1.29 is 0 Å². The summed E-state index contributed by atoms with van der Waals surface area (Å²) in [7, 11) is 0. The zero-order valence-electron chi connectivity index (χ0n) is 12.6. The van der Waals surface area contributed by atoms with Crippen LogP contribution in [0.15, 0.2) is 24.4 Å². The molecule has 1 aromatic heterocycles. The molecule has 0 atom stereocenters. The molecule has 1 aliphatic rings. The van der Waals surface area contributed by atoms with Gasteiger partial charge in [0, 0.05) is 18.1 Å². The molecule has 0 unspecified atom stereocenters. The quantitative estimate of drug-likeness (QED) is 0.590. The van der Waals surface area contributed by atoms with E-state index < -0.39 is 0 Å². The lowest BCUT2D eigenvalue weighted by molar-refractivity contribution is 0.644. The van der Waals surface area contributed by atoms with Gasteiger partial charge in [0.15, 0.2) is 0 Å². The smallest absolute Gasteiger partial charge is 0.0515 e. The summed E-state index contributed by atoms with van der Waals surface area (Å²) in [4.78, 5) is 0. The highest BCUT2D eigenvalue weighted by atomic mass is 15.0. The fourth-order valence-electron chi connectivity index (χ4n) is 2.59. The molecule has 0 bridgehead atoms. The average molecular weight is 245 g/mol. The molecule has 3 rings (SSSR count). The van der Waals surface area contributed by atoms with Gasteiger partial charge >= 0.3 is 0 Å². The lowest BCUT2D eigenvalue weighted by Gasteiger charge is -2.02. The van der Waals surface area contributed by atoms with Gasteiger partial charge in [0.05, 0.1) is 5.52 Å². The predicted octanol–water partition coefficient (Wildman–Crippen LogP) is 5.34. The monoisotopic (exact) mass is 245 g/mol. The second-order valence-electron chi connectivity index (χ2n) is 4.28. The van der Waals surface area contributed by atoms with Crippen LogP contribution in [0.4, 0.5) is 0 Å². The van der Waals surface area contributed by atoms with Crippen molar-refractivity contribution in [3.05, 3.63) is 35.5 Å². The van der Waals surface area contributed by atoms with Crippen LogP contribution in [-0.4, -0.2) is 4.57 Å². The lowest BCUT2D eigenvalue weighted by Crippen LogP contribution is -1.93. The number of benzene rings is 1. The van der Waals surface area contributed by atoms with Crippen LogP contribution < -0.4 is 0 Å². The van der Waals surface area contributed by atoms with Crippen LogP contribution in [0.25, 0.3) is 10.9 Å². The number of hydrogen-bond donors (Lipinski definition) is 0. The number of aromatic nitrogens is 1. The van der Waals surface area contributed by atoms with Crippen molar-refractivity contribution in [2.75, 3.05) is 0 Å². The molecular weight excluding hydrogens is 218 g/mol. The zero-order chi connectivity index (χ0) is 13.5. The van der Waals surface area contributed by atoms with Gasteiger partial charge in [-0.15, -0.1) is 0 Å². The van der Waals surface area contributed by atoms with Gasteiger partial charge in [-0.3, -0.25) is 0 Å². The van der Waals surface area contributed by atoms with E-state index in [4.69, 9.17) is 0 Å². The number of rotatable bonds is 0. The molecule has 0 spiro atoms. The highest BCUT2D eigenvalue weighted by Gasteiger charge is 2.12. The second kappa shape index (κ2) is 7.25. The van der Waals surface area contributed by atoms with Crippen LogP contribution >= 0.6 is 0 Å². The molecule has 0 saturated carbocycles. The molecule has 0 saturated heterocycles. The van der Waals surface area contributed by atoms with E-state index in [1.54, 1.807) is 0 Å². The Morgan fingerprint density at radius 2 is 1.72 bits per heavy atom. The van der Waals surface area contributed by atoms with E-state index in [0.29, 0.717) is 0 Å². The maximum Gasteiger partial charge on any atom is 0.0515 e. The molecule has 1 nitrogen and oxygen atoms in total. The summed E-state index contributed by atoms with van der Waals surface area (Å²) in [6, 6.07) is 6.72. The molecule has 100 valence electrons. The molecule has 0 radical (unpaired) electrons. The van der Waals surface area contributed by atoms with Gasteiger partial charge in [0.1, 0.15) is 0 Å². The van der Waals surface area contributed by atoms with Crippen LogP contribution in [0.2, 0.25) is 0 Å². The van der Waals surface area contributed by atoms with Gasteiger partial charge in [-0.2, -0.15) is 0 Å². The summed E-state index contributed by atoms with van der Waals surface area (Å²) in [5, 5.41) is 1.45. The fraction of sp³-hybridized carbons (Fsp3) is 0.529. The van der Waals surface area contributed by atoms with Crippen LogP contribution in [0.3, 0.4) is 0 Å². The molecule has 1 aromatic carbocycles. The van der Waals surface area contributed by atoms with Crippen LogP contribution in [0.5, 0.6) is 0 Å². The molecule has 2 heterocycles. The Hall–Kier alpha value is -1.24. The Morgan fingerprint density at radius 3 is 2.44 bits per heavy atom. The SMILES string of the molecule is CC.CC.Cc1cn2c3c(cccc13)CCCC2. The summed E-state index contributed by atoms with van der Waals surface area (Å²) in [6.45, 7) is 11.4. The zero-order valence-corrected chi connectivity index (χ0v) is 12.6.